The van der Waals surface area contributed by atoms with Crippen LogP contribution in [-0.2, 0) is 0 Å². The van der Waals surface area contributed by atoms with Crippen LogP contribution in [0.4, 0.5) is 0 Å². The molecule has 2 aromatic rings. The first-order valence-corrected chi connectivity index (χ1v) is 7.64. The van der Waals surface area contributed by atoms with E-state index >= 15 is 0 Å². The Morgan fingerprint density at radius 1 is 1.32 bits per heavy atom. The van der Waals surface area contributed by atoms with E-state index < -0.39 is 0 Å². The zero-order valence-electron chi connectivity index (χ0n) is 10.7. The minimum Gasteiger partial charge on any atom is -0.464 e. The van der Waals surface area contributed by atoms with Crippen molar-refractivity contribution in [1.82, 2.24) is 5.32 Å². The van der Waals surface area contributed by atoms with Gasteiger partial charge in [-0.05, 0) is 31.0 Å². The van der Waals surface area contributed by atoms with Gasteiger partial charge in [0.1, 0.15) is 5.76 Å². The van der Waals surface area contributed by atoms with Crippen molar-refractivity contribution < 1.29 is 9.21 Å². The number of rotatable bonds is 3. The summed E-state index contributed by atoms with van der Waals surface area (Å²) in [4.78, 5) is 12.9. The van der Waals surface area contributed by atoms with Crippen molar-refractivity contribution in [3.8, 4) is 11.3 Å². The number of nitrogens with one attached hydrogen (secondary N) is 1. The topological polar surface area (TPSA) is 42.2 Å². The Morgan fingerprint density at radius 3 is 2.89 bits per heavy atom. The van der Waals surface area contributed by atoms with Crippen LogP contribution in [-0.4, -0.2) is 11.9 Å². The Labute approximate surface area is 116 Å². The number of hydrogen-bond acceptors (Lipinski definition) is 3. The molecule has 1 amide bonds. The van der Waals surface area contributed by atoms with Gasteiger partial charge in [0.05, 0.1) is 11.1 Å². The Kier molecular flexibility index (Phi) is 3.69. The molecule has 0 spiro atoms. The predicted molar refractivity (Wildman–Crippen MR) is 76.4 cm³/mol. The summed E-state index contributed by atoms with van der Waals surface area (Å²) in [6.45, 7) is 0. The highest BCUT2D eigenvalue weighted by Gasteiger charge is 2.18. The van der Waals surface area contributed by atoms with Gasteiger partial charge in [0.2, 0.25) is 0 Å². The summed E-state index contributed by atoms with van der Waals surface area (Å²) in [6, 6.07) is 6.02. The van der Waals surface area contributed by atoms with E-state index in [9.17, 15) is 4.79 Å². The molecule has 4 heteroatoms. The van der Waals surface area contributed by atoms with Crippen LogP contribution in [0.5, 0.6) is 0 Å². The zero-order valence-corrected chi connectivity index (χ0v) is 11.5. The Balaban J connectivity index is 1.67. The molecule has 1 aliphatic carbocycles. The number of carbonyl (C=O) groups excluding carboxylic acids is 1. The van der Waals surface area contributed by atoms with E-state index in [0.717, 1.165) is 29.0 Å². The fourth-order valence-corrected chi connectivity index (χ4v) is 3.33. The van der Waals surface area contributed by atoms with Gasteiger partial charge in [-0.25, -0.2) is 0 Å². The van der Waals surface area contributed by atoms with Gasteiger partial charge in [-0.15, -0.1) is 11.3 Å². The summed E-state index contributed by atoms with van der Waals surface area (Å²) in [7, 11) is 0. The molecule has 1 saturated carbocycles. The van der Waals surface area contributed by atoms with Gasteiger partial charge in [0.15, 0.2) is 0 Å². The molecule has 2 heterocycles. The van der Waals surface area contributed by atoms with Crippen molar-refractivity contribution in [3.63, 3.8) is 0 Å². The molecule has 0 atom stereocenters. The molecule has 2 aromatic heterocycles. The highest BCUT2D eigenvalue weighted by molar-refractivity contribution is 7.12. The van der Waals surface area contributed by atoms with Crippen molar-refractivity contribution in [2.75, 3.05) is 0 Å². The molecule has 1 N–H and O–H groups in total. The molecule has 1 fully saturated rings. The maximum atomic E-state index is 12.2. The third kappa shape index (κ3) is 2.89. The van der Waals surface area contributed by atoms with E-state index in [1.165, 1.54) is 30.6 Å². The summed E-state index contributed by atoms with van der Waals surface area (Å²) in [5.41, 5.74) is 0.976. The first-order chi connectivity index (χ1) is 9.33. The van der Waals surface area contributed by atoms with E-state index in [-0.39, 0.29) is 5.91 Å². The maximum absolute atomic E-state index is 12.2. The Bertz CT molecular complexity index is 538. The number of furan rings is 1. The average Bonchev–Trinajstić information content (AvgIpc) is 3.11. The molecular formula is C15H17NO2S. The summed E-state index contributed by atoms with van der Waals surface area (Å²) < 4.78 is 5.34. The number of carbonyl (C=O) groups is 1. The molecule has 0 saturated heterocycles. The molecule has 3 nitrogen and oxygen atoms in total. The van der Waals surface area contributed by atoms with E-state index in [2.05, 4.69) is 5.32 Å². The van der Waals surface area contributed by atoms with E-state index in [1.54, 1.807) is 6.26 Å². The third-order valence-electron chi connectivity index (χ3n) is 3.57. The minimum absolute atomic E-state index is 0.0507. The lowest BCUT2D eigenvalue weighted by molar-refractivity contribution is 0.0932. The summed E-state index contributed by atoms with van der Waals surface area (Å²) >= 11 is 1.47. The van der Waals surface area contributed by atoms with Crippen molar-refractivity contribution in [2.24, 2.45) is 0 Å². The molecule has 0 radical (unpaired) electrons. The molecular weight excluding hydrogens is 258 g/mol. The fraction of sp³-hybridized carbons (Fsp3) is 0.400. The van der Waals surface area contributed by atoms with Gasteiger partial charge in [-0.2, -0.15) is 0 Å². The van der Waals surface area contributed by atoms with Crippen LogP contribution in [0.2, 0.25) is 0 Å². The largest absolute Gasteiger partial charge is 0.464 e. The van der Waals surface area contributed by atoms with E-state index in [1.807, 2.05) is 23.6 Å². The first kappa shape index (κ1) is 12.5. The normalized spacial score (nSPS) is 16.4. The quantitative estimate of drug-likeness (QED) is 0.917. The van der Waals surface area contributed by atoms with E-state index in [0.29, 0.717) is 6.04 Å². The Morgan fingerprint density at radius 2 is 2.16 bits per heavy atom. The Hall–Kier alpha value is -1.55. The highest BCUT2D eigenvalue weighted by Crippen LogP contribution is 2.26. The molecule has 0 aromatic carbocycles. The predicted octanol–water partition coefficient (Wildman–Crippen LogP) is 4.07. The van der Waals surface area contributed by atoms with Crippen molar-refractivity contribution in [1.29, 1.82) is 0 Å². The first-order valence-electron chi connectivity index (χ1n) is 6.76. The molecule has 0 aliphatic heterocycles. The lowest BCUT2D eigenvalue weighted by atomic mass is 9.95. The van der Waals surface area contributed by atoms with Gasteiger partial charge in [0.25, 0.3) is 5.91 Å². The second kappa shape index (κ2) is 5.61. The standard InChI is InChI=1S/C15H17NO2S/c17-15(16-12-5-2-1-3-6-12)14-9-11(10-19-14)13-7-4-8-18-13/h4,7-10,12H,1-3,5-6H2,(H,16,17). The third-order valence-corrected chi connectivity index (χ3v) is 4.50. The van der Waals surface area contributed by atoms with Crippen LogP contribution >= 0.6 is 11.3 Å². The van der Waals surface area contributed by atoms with Crippen LogP contribution in [0, 0.1) is 0 Å². The molecule has 19 heavy (non-hydrogen) atoms. The summed E-state index contributed by atoms with van der Waals surface area (Å²) in [5, 5.41) is 5.10. The lowest BCUT2D eigenvalue weighted by Gasteiger charge is -2.22. The minimum atomic E-state index is 0.0507. The van der Waals surface area contributed by atoms with Crippen LogP contribution in [0.1, 0.15) is 41.8 Å². The molecule has 3 rings (SSSR count). The molecule has 1 aliphatic rings. The number of thiophene rings is 1. The van der Waals surface area contributed by atoms with Gasteiger partial charge in [-0.3, -0.25) is 4.79 Å². The van der Waals surface area contributed by atoms with Gasteiger partial charge in [0, 0.05) is 17.0 Å². The molecule has 100 valence electrons. The monoisotopic (exact) mass is 275 g/mol. The van der Waals surface area contributed by atoms with Crippen LogP contribution < -0.4 is 5.32 Å². The summed E-state index contributed by atoms with van der Waals surface area (Å²) in [5.74, 6) is 0.864. The maximum Gasteiger partial charge on any atom is 0.261 e. The van der Waals surface area contributed by atoms with Gasteiger partial charge in [-0.1, -0.05) is 19.3 Å². The van der Waals surface area contributed by atoms with Gasteiger partial charge < -0.3 is 9.73 Å². The SMILES string of the molecule is O=C(NC1CCCCC1)c1cc(-c2ccco2)cs1. The molecule has 0 unspecified atom stereocenters. The average molecular weight is 275 g/mol. The summed E-state index contributed by atoms with van der Waals surface area (Å²) in [6.07, 6.45) is 7.63. The second-order valence-electron chi connectivity index (χ2n) is 4.99. The highest BCUT2D eigenvalue weighted by atomic mass is 32.1. The van der Waals surface area contributed by atoms with Gasteiger partial charge >= 0.3 is 0 Å². The second-order valence-corrected chi connectivity index (χ2v) is 5.90. The number of hydrogen-bond donors (Lipinski definition) is 1. The smallest absolute Gasteiger partial charge is 0.261 e. The van der Waals surface area contributed by atoms with Crippen LogP contribution in [0.25, 0.3) is 11.3 Å². The van der Waals surface area contributed by atoms with Crippen molar-refractivity contribution in [2.45, 2.75) is 38.1 Å². The zero-order chi connectivity index (χ0) is 13.1. The van der Waals surface area contributed by atoms with Crippen LogP contribution in [0.3, 0.4) is 0 Å². The fourth-order valence-electron chi connectivity index (χ4n) is 2.53. The molecule has 0 bridgehead atoms. The van der Waals surface area contributed by atoms with Crippen molar-refractivity contribution >= 4 is 17.2 Å². The number of amides is 1. The van der Waals surface area contributed by atoms with Crippen LogP contribution in [0.15, 0.2) is 34.3 Å². The van der Waals surface area contributed by atoms with E-state index in [4.69, 9.17) is 4.42 Å². The lowest BCUT2D eigenvalue weighted by Crippen LogP contribution is -2.35. The van der Waals surface area contributed by atoms with Crippen molar-refractivity contribution in [3.05, 3.63) is 34.7 Å².